The van der Waals surface area contributed by atoms with Gasteiger partial charge in [0.05, 0.1) is 0 Å². The molecular formula is C12H14OS2. The molecular weight excluding hydrogens is 224 g/mol. The first kappa shape index (κ1) is 10.9. The molecule has 2 aromatic heterocycles. The van der Waals surface area contributed by atoms with E-state index in [1.807, 2.05) is 25.3 Å². The third kappa shape index (κ3) is 1.87. The van der Waals surface area contributed by atoms with Crippen LogP contribution in [0.25, 0.3) is 0 Å². The van der Waals surface area contributed by atoms with Gasteiger partial charge in [-0.15, -0.1) is 22.7 Å². The maximum absolute atomic E-state index is 10.6. The molecule has 2 aromatic rings. The molecule has 3 heteroatoms. The molecule has 2 heterocycles. The summed E-state index contributed by atoms with van der Waals surface area (Å²) in [5.74, 6) is 0. The highest BCUT2D eigenvalue weighted by molar-refractivity contribution is 7.13. The summed E-state index contributed by atoms with van der Waals surface area (Å²) in [5, 5.41) is 12.6. The number of aryl methyl sites for hydroxylation is 2. The van der Waals surface area contributed by atoms with Crippen molar-refractivity contribution in [3.05, 3.63) is 43.8 Å². The first-order chi connectivity index (χ1) is 7.01. The van der Waals surface area contributed by atoms with Crippen LogP contribution in [0.1, 0.15) is 27.1 Å². The van der Waals surface area contributed by atoms with Crippen LogP contribution in [-0.4, -0.2) is 5.11 Å². The van der Waals surface area contributed by atoms with E-state index in [0.717, 1.165) is 15.3 Å². The summed E-state index contributed by atoms with van der Waals surface area (Å²) in [6, 6.07) is 6.12. The molecule has 0 saturated carbocycles. The van der Waals surface area contributed by atoms with Gasteiger partial charge >= 0.3 is 0 Å². The monoisotopic (exact) mass is 238 g/mol. The maximum Gasteiger partial charge on any atom is 0.130 e. The largest absolute Gasteiger partial charge is 0.379 e. The molecule has 1 nitrogen and oxygen atoms in total. The first-order valence-electron chi connectivity index (χ1n) is 4.85. The second-order valence-electron chi connectivity index (χ2n) is 3.92. The number of hydrogen-bond acceptors (Lipinski definition) is 3. The Morgan fingerprint density at radius 2 is 1.93 bits per heavy atom. The number of hydrogen-bond donors (Lipinski definition) is 1. The Morgan fingerprint density at radius 1 is 1.20 bits per heavy atom. The van der Waals surface area contributed by atoms with E-state index in [9.17, 15) is 5.11 Å². The molecule has 1 atom stereocenters. The van der Waals surface area contributed by atoms with E-state index in [4.69, 9.17) is 0 Å². The smallest absolute Gasteiger partial charge is 0.130 e. The van der Waals surface area contributed by atoms with E-state index in [1.54, 1.807) is 22.7 Å². The lowest BCUT2D eigenvalue weighted by Gasteiger charge is -2.21. The molecule has 0 amide bonds. The van der Waals surface area contributed by atoms with Crippen LogP contribution in [0.15, 0.2) is 23.6 Å². The summed E-state index contributed by atoms with van der Waals surface area (Å²) in [5.41, 5.74) is 0.327. The lowest BCUT2D eigenvalue weighted by atomic mass is 10.00. The van der Waals surface area contributed by atoms with E-state index in [-0.39, 0.29) is 0 Å². The minimum absolute atomic E-state index is 0.836. The van der Waals surface area contributed by atoms with Crippen molar-refractivity contribution < 1.29 is 5.11 Å². The zero-order chi connectivity index (χ0) is 11.1. The van der Waals surface area contributed by atoms with Gasteiger partial charge in [-0.2, -0.15) is 0 Å². The third-order valence-electron chi connectivity index (χ3n) is 2.52. The molecule has 1 N–H and O–H groups in total. The normalized spacial score (nSPS) is 15.2. The Hall–Kier alpha value is -0.640. The molecule has 2 rings (SSSR count). The van der Waals surface area contributed by atoms with Gasteiger partial charge in [0.2, 0.25) is 0 Å². The Bertz CT molecular complexity index is 465. The fraction of sp³-hybridized carbons (Fsp3) is 0.333. The van der Waals surface area contributed by atoms with E-state index >= 15 is 0 Å². The molecule has 0 spiro atoms. The van der Waals surface area contributed by atoms with Gasteiger partial charge in [0.1, 0.15) is 5.60 Å². The summed E-state index contributed by atoms with van der Waals surface area (Å²) in [7, 11) is 0. The fourth-order valence-corrected chi connectivity index (χ4v) is 3.67. The van der Waals surface area contributed by atoms with Gasteiger partial charge < -0.3 is 5.11 Å². The van der Waals surface area contributed by atoms with Crippen LogP contribution in [0.2, 0.25) is 0 Å². The van der Waals surface area contributed by atoms with Gasteiger partial charge in [0.15, 0.2) is 0 Å². The van der Waals surface area contributed by atoms with Gasteiger partial charge in [-0.05, 0) is 49.9 Å². The highest BCUT2D eigenvalue weighted by atomic mass is 32.1. The zero-order valence-corrected chi connectivity index (χ0v) is 10.7. The number of thiophene rings is 2. The van der Waals surface area contributed by atoms with Crippen LogP contribution >= 0.6 is 22.7 Å². The van der Waals surface area contributed by atoms with E-state index < -0.39 is 5.60 Å². The van der Waals surface area contributed by atoms with E-state index in [0.29, 0.717) is 0 Å². The van der Waals surface area contributed by atoms with Crippen molar-refractivity contribution in [2.24, 2.45) is 0 Å². The maximum atomic E-state index is 10.6. The number of aliphatic hydroxyl groups is 1. The van der Waals surface area contributed by atoms with Crippen molar-refractivity contribution in [1.82, 2.24) is 0 Å². The van der Waals surface area contributed by atoms with Crippen molar-refractivity contribution in [2.45, 2.75) is 26.4 Å². The van der Waals surface area contributed by atoms with Crippen molar-refractivity contribution in [3.8, 4) is 0 Å². The van der Waals surface area contributed by atoms with Crippen LogP contribution < -0.4 is 0 Å². The molecule has 80 valence electrons. The molecule has 0 fully saturated rings. The lowest BCUT2D eigenvalue weighted by molar-refractivity contribution is 0.110. The van der Waals surface area contributed by atoms with Gasteiger partial charge in [-0.3, -0.25) is 0 Å². The predicted molar refractivity (Wildman–Crippen MR) is 66.8 cm³/mol. The SMILES string of the molecule is Cc1ccc(C(C)(O)c2sccc2C)s1. The molecule has 0 aliphatic heterocycles. The Kier molecular flexibility index (Phi) is 2.71. The molecule has 0 aliphatic rings. The highest BCUT2D eigenvalue weighted by Crippen LogP contribution is 2.38. The molecule has 0 bridgehead atoms. The molecule has 0 aliphatic carbocycles. The van der Waals surface area contributed by atoms with Crippen LogP contribution in [0.3, 0.4) is 0 Å². The van der Waals surface area contributed by atoms with Crippen molar-refractivity contribution in [3.63, 3.8) is 0 Å². The Labute approximate surface area is 98.0 Å². The summed E-state index contributed by atoms with van der Waals surface area (Å²) in [6.45, 7) is 5.98. The average molecular weight is 238 g/mol. The third-order valence-corrected chi connectivity index (χ3v) is 4.96. The minimum atomic E-state index is -0.836. The van der Waals surface area contributed by atoms with Crippen molar-refractivity contribution >= 4 is 22.7 Å². The summed E-state index contributed by atoms with van der Waals surface area (Å²) in [4.78, 5) is 3.30. The zero-order valence-electron chi connectivity index (χ0n) is 9.07. The van der Waals surface area contributed by atoms with Crippen LogP contribution in [-0.2, 0) is 5.60 Å². The van der Waals surface area contributed by atoms with Gasteiger partial charge in [-0.1, -0.05) is 0 Å². The standard InChI is InChI=1S/C12H14OS2/c1-8-6-7-14-11(8)12(3,13)10-5-4-9(2)15-10/h4-7,13H,1-3H3. The predicted octanol–water partition coefficient (Wildman–Crippen LogP) is 3.68. The van der Waals surface area contributed by atoms with Gasteiger partial charge in [0.25, 0.3) is 0 Å². The molecule has 0 radical (unpaired) electrons. The topological polar surface area (TPSA) is 20.2 Å². The minimum Gasteiger partial charge on any atom is -0.379 e. The van der Waals surface area contributed by atoms with Crippen LogP contribution in [0.4, 0.5) is 0 Å². The van der Waals surface area contributed by atoms with Crippen molar-refractivity contribution in [1.29, 1.82) is 0 Å². The average Bonchev–Trinajstić information content (AvgIpc) is 2.74. The highest BCUT2D eigenvalue weighted by Gasteiger charge is 2.29. The van der Waals surface area contributed by atoms with Crippen LogP contribution in [0.5, 0.6) is 0 Å². The summed E-state index contributed by atoms with van der Waals surface area (Å²) in [6.07, 6.45) is 0. The molecule has 0 saturated heterocycles. The quantitative estimate of drug-likeness (QED) is 0.846. The van der Waals surface area contributed by atoms with Gasteiger partial charge in [-0.25, -0.2) is 0 Å². The summed E-state index contributed by atoms with van der Waals surface area (Å²) >= 11 is 3.28. The van der Waals surface area contributed by atoms with Crippen molar-refractivity contribution in [2.75, 3.05) is 0 Å². The second kappa shape index (κ2) is 3.74. The summed E-state index contributed by atoms with van der Waals surface area (Å²) < 4.78 is 0. The molecule has 15 heavy (non-hydrogen) atoms. The Morgan fingerprint density at radius 3 is 2.40 bits per heavy atom. The molecule has 0 aromatic carbocycles. The van der Waals surface area contributed by atoms with E-state index in [1.165, 1.54) is 4.88 Å². The fourth-order valence-electron chi connectivity index (χ4n) is 1.68. The van der Waals surface area contributed by atoms with Gasteiger partial charge in [0, 0.05) is 14.6 Å². The lowest BCUT2D eigenvalue weighted by Crippen LogP contribution is -2.20. The number of rotatable bonds is 2. The van der Waals surface area contributed by atoms with Crippen LogP contribution in [0, 0.1) is 13.8 Å². The van der Waals surface area contributed by atoms with E-state index in [2.05, 4.69) is 19.1 Å². The first-order valence-corrected chi connectivity index (χ1v) is 6.55. The Balaban J connectivity index is 2.47. The second-order valence-corrected chi connectivity index (χ2v) is 6.12. The molecule has 1 unspecified atom stereocenters.